The van der Waals surface area contributed by atoms with Crippen LogP contribution < -0.4 is 5.73 Å². The van der Waals surface area contributed by atoms with E-state index in [2.05, 4.69) is 0 Å². The fourth-order valence-corrected chi connectivity index (χ4v) is 1.08. The van der Waals surface area contributed by atoms with Crippen LogP contribution in [0.2, 0.25) is 0 Å². The number of hydrogen-bond donors (Lipinski definition) is 2. The molecule has 0 saturated heterocycles. The Kier molecular flexibility index (Phi) is 3.31. The molecule has 0 spiro atoms. The van der Waals surface area contributed by atoms with E-state index in [1.165, 1.54) is 0 Å². The van der Waals surface area contributed by atoms with E-state index in [1.54, 1.807) is 0 Å². The molecular formula is C9H8F3NO2. The predicted molar refractivity (Wildman–Crippen MR) is 45.6 cm³/mol. The van der Waals surface area contributed by atoms with Crippen LogP contribution in [0.3, 0.4) is 0 Å². The van der Waals surface area contributed by atoms with E-state index < -0.39 is 35.9 Å². The van der Waals surface area contributed by atoms with Gasteiger partial charge in [-0.05, 0) is 11.6 Å². The fourth-order valence-electron chi connectivity index (χ4n) is 1.08. The lowest BCUT2D eigenvalue weighted by Gasteiger charge is -2.07. The Labute approximate surface area is 83.3 Å². The third kappa shape index (κ3) is 2.69. The molecule has 1 unspecified atom stereocenters. The summed E-state index contributed by atoms with van der Waals surface area (Å²) in [6.45, 7) is 0. The molecule has 0 amide bonds. The summed E-state index contributed by atoms with van der Waals surface area (Å²) in [4.78, 5) is 10.3. The van der Waals surface area contributed by atoms with Gasteiger partial charge in [0.2, 0.25) is 0 Å². The smallest absolute Gasteiger partial charge is 0.320 e. The van der Waals surface area contributed by atoms with Gasteiger partial charge in [-0.3, -0.25) is 4.79 Å². The van der Waals surface area contributed by atoms with Gasteiger partial charge in [0.05, 0.1) is 0 Å². The van der Waals surface area contributed by atoms with Crippen molar-refractivity contribution in [1.82, 2.24) is 0 Å². The normalized spacial score (nSPS) is 12.5. The van der Waals surface area contributed by atoms with Gasteiger partial charge in [0.25, 0.3) is 0 Å². The van der Waals surface area contributed by atoms with Gasteiger partial charge in [0, 0.05) is 12.5 Å². The average molecular weight is 219 g/mol. The molecule has 0 bridgehead atoms. The molecule has 0 fully saturated rings. The Bertz CT molecular complexity index is 395. The van der Waals surface area contributed by atoms with Crippen molar-refractivity contribution in [1.29, 1.82) is 0 Å². The average Bonchev–Trinajstić information content (AvgIpc) is 2.13. The summed E-state index contributed by atoms with van der Waals surface area (Å²) in [6.07, 6.45) is -0.462. The maximum Gasteiger partial charge on any atom is 0.320 e. The molecule has 0 heterocycles. The number of rotatable bonds is 3. The monoisotopic (exact) mass is 219 g/mol. The maximum atomic E-state index is 13.0. The van der Waals surface area contributed by atoms with Gasteiger partial charge < -0.3 is 10.8 Å². The third-order valence-electron chi connectivity index (χ3n) is 1.83. The van der Waals surface area contributed by atoms with Crippen LogP contribution in [0.1, 0.15) is 5.56 Å². The number of benzene rings is 1. The summed E-state index contributed by atoms with van der Waals surface area (Å²) >= 11 is 0. The van der Waals surface area contributed by atoms with E-state index in [9.17, 15) is 18.0 Å². The molecule has 0 saturated carbocycles. The van der Waals surface area contributed by atoms with Crippen molar-refractivity contribution >= 4 is 5.97 Å². The van der Waals surface area contributed by atoms with Gasteiger partial charge in [-0.25, -0.2) is 13.2 Å². The summed E-state index contributed by atoms with van der Waals surface area (Å²) in [7, 11) is 0. The predicted octanol–water partition coefficient (Wildman–Crippen LogP) is 1.06. The van der Waals surface area contributed by atoms with Crippen LogP contribution in [0.4, 0.5) is 13.2 Å². The standard InChI is InChI=1S/C9H8F3NO2/c10-5-1-4(2-7(13)9(14)15)8(12)6(11)3-5/h1,3,7H,2,13H2,(H,14,15). The Morgan fingerprint density at radius 2 is 2.00 bits per heavy atom. The Hall–Kier alpha value is -1.56. The van der Waals surface area contributed by atoms with Crippen LogP contribution in [-0.4, -0.2) is 17.1 Å². The second-order valence-corrected chi connectivity index (χ2v) is 3.01. The Morgan fingerprint density at radius 3 is 2.53 bits per heavy atom. The number of carboxylic acids is 1. The van der Waals surface area contributed by atoms with Crippen LogP contribution in [0.15, 0.2) is 12.1 Å². The van der Waals surface area contributed by atoms with Gasteiger partial charge >= 0.3 is 5.97 Å². The second kappa shape index (κ2) is 4.31. The minimum Gasteiger partial charge on any atom is -0.480 e. The van der Waals surface area contributed by atoms with Crippen LogP contribution in [0, 0.1) is 17.5 Å². The molecular weight excluding hydrogens is 211 g/mol. The molecule has 1 aromatic carbocycles. The van der Waals surface area contributed by atoms with Gasteiger partial charge in [0.15, 0.2) is 11.6 Å². The molecule has 82 valence electrons. The zero-order valence-electron chi connectivity index (χ0n) is 7.51. The molecule has 0 aliphatic carbocycles. The van der Waals surface area contributed by atoms with Crippen molar-refractivity contribution in [3.63, 3.8) is 0 Å². The zero-order chi connectivity index (χ0) is 11.6. The molecule has 0 aliphatic rings. The van der Waals surface area contributed by atoms with E-state index in [1.807, 2.05) is 0 Å². The molecule has 1 rings (SSSR count). The van der Waals surface area contributed by atoms with Crippen LogP contribution in [-0.2, 0) is 11.2 Å². The minimum absolute atomic E-state index is 0.380. The summed E-state index contributed by atoms with van der Waals surface area (Å²) < 4.78 is 38.4. The number of aliphatic carboxylic acids is 1. The molecule has 3 N–H and O–H groups in total. The van der Waals surface area contributed by atoms with Crippen LogP contribution in [0.25, 0.3) is 0 Å². The first kappa shape index (κ1) is 11.5. The Morgan fingerprint density at radius 1 is 1.40 bits per heavy atom. The highest BCUT2D eigenvalue weighted by molar-refractivity contribution is 5.73. The number of carbonyl (C=O) groups is 1. The lowest BCUT2D eigenvalue weighted by molar-refractivity contribution is -0.138. The van der Waals surface area contributed by atoms with Crippen molar-refractivity contribution < 1.29 is 23.1 Å². The highest BCUT2D eigenvalue weighted by Gasteiger charge is 2.17. The summed E-state index contributed by atoms with van der Waals surface area (Å²) in [5.41, 5.74) is 4.72. The Balaban J connectivity index is 2.99. The number of carboxylic acid groups (broad SMARTS) is 1. The van der Waals surface area contributed by atoms with Gasteiger partial charge in [0.1, 0.15) is 11.9 Å². The van der Waals surface area contributed by atoms with Gasteiger partial charge in [-0.15, -0.1) is 0 Å². The largest absolute Gasteiger partial charge is 0.480 e. The molecule has 1 atom stereocenters. The number of hydrogen-bond acceptors (Lipinski definition) is 2. The fraction of sp³-hybridized carbons (Fsp3) is 0.222. The van der Waals surface area contributed by atoms with E-state index in [-0.39, 0.29) is 5.56 Å². The summed E-state index contributed by atoms with van der Waals surface area (Å²) in [5, 5.41) is 8.44. The maximum absolute atomic E-state index is 13.0. The molecule has 3 nitrogen and oxygen atoms in total. The van der Waals surface area contributed by atoms with E-state index in [0.717, 1.165) is 6.07 Å². The van der Waals surface area contributed by atoms with E-state index in [4.69, 9.17) is 10.8 Å². The highest BCUT2D eigenvalue weighted by atomic mass is 19.2. The van der Waals surface area contributed by atoms with Crippen LogP contribution in [0.5, 0.6) is 0 Å². The highest BCUT2D eigenvalue weighted by Crippen LogP contribution is 2.15. The van der Waals surface area contributed by atoms with Crippen molar-refractivity contribution in [2.75, 3.05) is 0 Å². The second-order valence-electron chi connectivity index (χ2n) is 3.01. The number of nitrogens with two attached hydrogens (primary N) is 1. The van der Waals surface area contributed by atoms with E-state index >= 15 is 0 Å². The summed E-state index contributed by atoms with van der Waals surface area (Å²) in [5.74, 6) is -4.96. The third-order valence-corrected chi connectivity index (χ3v) is 1.83. The van der Waals surface area contributed by atoms with Gasteiger partial charge in [-0.2, -0.15) is 0 Å². The van der Waals surface area contributed by atoms with Crippen LogP contribution >= 0.6 is 0 Å². The lowest BCUT2D eigenvalue weighted by atomic mass is 10.1. The first-order valence-corrected chi connectivity index (χ1v) is 4.03. The summed E-state index contributed by atoms with van der Waals surface area (Å²) in [6, 6.07) is -0.285. The molecule has 0 radical (unpaired) electrons. The first-order chi connectivity index (χ1) is 6.91. The SMILES string of the molecule is NC(Cc1cc(F)cc(F)c1F)C(=O)O. The minimum atomic E-state index is -1.39. The molecule has 1 aromatic rings. The van der Waals surface area contributed by atoms with Gasteiger partial charge in [-0.1, -0.05) is 0 Å². The van der Waals surface area contributed by atoms with Crippen molar-refractivity contribution in [3.8, 4) is 0 Å². The molecule has 15 heavy (non-hydrogen) atoms. The molecule has 0 aromatic heterocycles. The van der Waals surface area contributed by atoms with Crippen molar-refractivity contribution in [2.24, 2.45) is 5.73 Å². The lowest BCUT2D eigenvalue weighted by Crippen LogP contribution is -2.32. The molecule has 6 heteroatoms. The molecule has 0 aliphatic heterocycles. The number of halogens is 3. The van der Waals surface area contributed by atoms with Crippen molar-refractivity contribution in [3.05, 3.63) is 35.1 Å². The quantitative estimate of drug-likeness (QED) is 0.747. The van der Waals surface area contributed by atoms with Crippen molar-refractivity contribution in [2.45, 2.75) is 12.5 Å². The zero-order valence-corrected chi connectivity index (χ0v) is 7.51. The topological polar surface area (TPSA) is 63.3 Å². The van der Waals surface area contributed by atoms with E-state index in [0.29, 0.717) is 6.07 Å². The first-order valence-electron chi connectivity index (χ1n) is 4.03.